The normalized spacial score (nSPS) is 24.9. The molecule has 0 radical (unpaired) electrons. The zero-order chi connectivity index (χ0) is 10.7. The Kier molecular flexibility index (Phi) is 3.20. The van der Waals surface area contributed by atoms with Crippen molar-refractivity contribution in [1.82, 2.24) is 16.0 Å². The van der Waals surface area contributed by atoms with Gasteiger partial charge in [0.2, 0.25) is 11.8 Å². The predicted molar refractivity (Wildman–Crippen MR) is 55.2 cm³/mol. The third kappa shape index (κ3) is 3.20. The lowest BCUT2D eigenvalue weighted by Gasteiger charge is -2.10. The van der Waals surface area contributed by atoms with E-state index in [2.05, 4.69) is 16.0 Å². The van der Waals surface area contributed by atoms with Crippen molar-refractivity contribution in [2.75, 3.05) is 13.1 Å². The van der Waals surface area contributed by atoms with E-state index < -0.39 is 0 Å². The number of nitrogens with one attached hydrogen (secondary N) is 3. The SMILES string of the molecule is O=C(CNC(=O)C1CCCN1)NC1CC1. The van der Waals surface area contributed by atoms with Gasteiger partial charge in [-0.2, -0.15) is 0 Å². The predicted octanol–water partition coefficient (Wildman–Crippen LogP) is -0.867. The molecule has 2 amide bonds. The average molecular weight is 211 g/mol. The van der Waals surface area contributed by atoms with Gasteiger partial charge in [-0.05, 0) is 32.2 Å². The van der Waals surface area contributed by atoms with Crippen molar-refractivity contribution in [2.24, 2.45) is 0 Å². The highest BCUT2D eigenvalue weighted by Crippen LogP contribution is 2.18. The van der Waals surface area contributed by atoms with Crippen LogP contribution in [-0.4, -0.2) is 37.0 Å². The Labute approximate surface area is 89.0 Å². The lowest BCUT2D eigenvalue weighted by atomic mass is 10.2. The van der Waals surface area contributed by atoms with E-state index in [0.717, 1.165) is 32.2 Å². The molecule has 0 aromatic rings. The molecule has 0 spiro atoms. The van der Waals surface area contributed by atoms with Crippen LogP contribution in [0.15, 0.2) is 0 Å². The second kappa shape index (κ2) is 4.61. The van der Waals surface area contributed by atoms with Gasteiger partial charge in [-0.1, -0.05) is 0 Å². The lowest BCUT2D eigenvalue weighted by molar-refractivity contribution is -0.127. The van der Waals surface area contributed by atoms with E-state index in [1.807, 2.05) is 0 Å². The van der Waals surface area contributed by atoms with Gasteiger partial charge in [0.25, 0.3) is 0 Å². The molecule has 1 saturated heterocycles. The zero-order valence-electron chi connectivity index (χ0n) is 8.71. The van der Waals surface area contributed by atoms with E-state index >= 15 is 0 Å². The molecule has 0 aromatic heterocycles. The minimum absolute atomic E-state index is 0.0570. The summed E-state index contributed by atoms with van der Waals surface area (Å²) in [7, 11) is 0. The number of hydrogen-bond donors (Lipinski definition) is 3. The Morgan fingerprint density at radius 3 is 2.67 bits per heavy atom. The number of carbonyl (C=O) groups excluding carboxylic acids is 2. The molecule has 3 N–H and O–H groups in total. The van der Waals surface area contributed by atoms with Gasteiger partial charge in [0.1, 0.15) is 0 Å². The first-order chi connectivity index (χ1) is 7.25. The maximum atomic E-state index is 11.5. The molecule has 0 bridgehead atoms. The molecule has 2 rings (SSSR count). The van der Waals surface area contributed by atoms with Crippen molar-refractivity contribution >= 4 is 11.8 Å². The second-order valence-corrected chi connectivity index (χ2v) is 4.21. The van der Waals surface area contributed by atoms with Gasteiger partial charge in [-0.15, -0.1) is 0 Å². The van der Waals surface area contributed by atoms with Crippen molar-refractivity contribution in [3.63, 3.8) is 0 Å². The molecule has 0 aromatic carbocycles. The molecule has 15 heavy (non-hydrogen) atoms. The van der Waals surface area contributed by atoms with Crippen molar-refractivity contribution in [3.8, 4) is 0 Å². The summed E-state index contributed by atoms with van der Waals surface area (Å²) in [6, 6.07) is 0.262. The molecule has 1 aliphatic heterocycles. The maximum absolute atomic E-state index is 11.5. The van der Waals surface area contributed by atoms with Crippen LogP contribution < -0.4 is 16.0 Å². The highest BCUT2D eigenvalue weighted by molar-refractivity contribution is 5.87. The van der Waals surface area contributed by atoms with Gasteiger partial charge in [0, 0.05) is 6.04 Å². The first-order valence-electron chi connectivity index (χ1n) is 5.56. The molecule has 5 heteroatoms. The Bertz CT molecular complexity index is 257. The lowest BCUT2D eigenvalue weighted by Crippen LogP contribution is -2.45. The molecule has 5 nitrogen and oxygen atoms in total. The fourth-order valence-corrected chi connectivity index (χ4v) is 1.71. The molecule has 1 atom stereocenters. The largest absolute Gasteiger partial charge is 0.352 e. The molecule has 84 valence electrons. The molecular formula is C10H17N3O2. The van der Waals surface area contributed by atoms with Gasteiger partial charge >= 0.3 is 0 Å². The van der Waals surface area contributed by atoms with Crippen molar-refractivity contribution in [1.29, 1.82) is 0 Å². The molecule has 1 unspecified atom stereocenters. The summed E-state index contributed by atoms with van der Waals surface area (Å²) in [5, 5.41) is 8.56. The molecular weight excluding hydrogens is 194 g/mol. The van der Waals surface area contributed by atoms with Crippen LogP contribution in [0.5, 0.6) is 0 Å². The van der Waals surface area contributed by atoms with E-state index in [4.69, 9.17) is 0 Å². The smallest absolute Gasteiger partial charge is 0.239 e. The minimum Gasteiger partial charge on any atom is -0.352 e. The topological polar surface area (TPSA) is 70.2 Å². The van der Waals surface area contributed by atoms with Gasteiger partial charge in [-0.3, -0.25) is 9.59 Å². The molecule has 1 heterocycles. The highest BCUT2D eigenvalue weighted by atomic mass is 16.2. The molecule has 2 aliphatic rings. The standard InChI is InChI=1S/C10H17N3O2/c14-9(13-7-3-4-7)6-12-10(15)8-2-1-5-11-8/h7-8,11H,1-6H2,(H,12,15)(H,13,14). The fraction of sp³-hybridized carbons (Fsp3) is 0.800. The average Bonchev–Trinajstić information content (AvgIpc) is 2.86. The summed E-state index contributed by atoms with van der Waals surface area (Å²) in [6.07, 6.45) is 4.05. The molecule has 2 fully saturated rings. The Balaban J connectivity index is 1.62. The zero-order valence-corrected chi connectivity index (χ0v) is 8.71. The van der Waals surface area contributed by atoms with Gasteiger partial charge in [-0.25, -0.2) is 0 Å². The highest BCUT2D eigenvalue weighted by Gasteiger charge is 2.25. The Morgan fingerprint density at radius 2 is 2.07 bits per heavy atom. The number of rotatable bonds is 4. The van der Waals surface area contributed by atoms with Crippen LogP contribution in [-0.2, 0) is 9.59 Å². The summed E-state index contributed by atoms with van der Waals surface area (Å²) in [4.78, 5) is 22.8. The molecule has 1 saturated carbocycles. The Hall–Kier alpha value is -1.10. The minimum atomic E-state index is -0.0984. The fourth-order valence-electron chi connectivity index (χ4n) is 1.71. The molecule has 1 aliphatic carbocycles. The van der Waals surface area contributed by atoms with Gasteiger partial charge in [0.05, 0.1) is 12.6 Å². The van der Waals surface area contributed by atoms with Crippen molar-refractivity contribution in [2.45, 2.75) is 37.8 Å². The quantitative estimate of drug-likeness (QED) is 0.566. The monoisotopic (exact) mass is 211 g/mol. The van der Waals surface area contributed by atoms with E-state index in [-0.39, 0.29) is 24.4 Å². The third-order valence-electron chi connectivity index (χ3n) is 2.74. The van der Waals surface area contributed by atoms with Crippen LogP contribution in [0.25, 0.3) is 0 Å². The van der Waals surface area contributed by atoms with Crippen LogP contribution in [0.1, 0.15) is 25.7 Å². The van der Waals surface area contributed by atoms with Crippen LogP contribution in [0, 0.1) is 0 Å². The van der Waals surface area contributed by atoms with Crippen LogP contribution >= 0.6 is 0 Å². The summed E-state index contributed by atoms with van der Waals surface area (Å²) >= 11 is 0. The summed E-state index contributed by atoms with van der Waals surface area (Å²) in [5.41, 5.74) is 0. The first kappa shape index (κ1) is 10.4. The maximum Gasteiger partial charge on any atom is 0.239 e. The summed E-state index contributed by atoms with van der Waals surface area (Å²) in [5.74, 6) is -0.137. The second-order valence-electron chi connectivity index (χ2n) is 4.21. The first-order valence-corrected chi connectivity index (χ1v) is 5.56. The van der Waals surface area contributed by atoms with E-state index in [1.54, 1.807) is 0 Å². The van der Waals surface area contributed by atoms with Crippen molar-refractivity contribution < 1.29 is 9.59 Å². The van der Waals surface area contributed by atoms with E-state index in [9.17, 15) is 9.59 Å². The Morgan fingerprint density at radius 1 is 1.27 bits per heavy atom. The third-order valence-corrected chi connectivity index (χ3v) is 2.74. The van der Waals surface area contributed by atoms with Crippen molar-refractivity contribution in [3.05, 3.63) is 0 Å². The van der Waals surface area contributed by atoms with E-state index in [0.29, 0.717) is 6.04 Å². The van der Waals surface area contributed by atoms with Gasteiger partial charge < -0.3 is 16.0 Å². The summed E-state index contributed by atoms with van der Waals surface area (Å²) in [6.45, 7) is 1.000. The van der Waals surface area contributed by atoms with Crippen LogP contribution in [0.2, 0.25) is 0 Å². The number of carbonyl (C=O) groups is 2. The van der Waals surface area contributed by atoms with E-state index in [1.165, 1.54) is 0 Å². The number of hydrogen-bond acceptors (Lipinski definition) is 3. The summed E-state index contributed by atoms with van der Waals surface area (Å²) < 4.78 is 0. The number of amides is 2. The van der Waals surface area contributed by atoms with Crippen LogP contribution in [0.3, 0.4) is 0 Å². The van der Waals surface area contributed by atoms with Crippen LogP contribution in [0.4, 0.5) is 0 Å². The van der Waals surface area contributed by atoms with Gasteiger partial charge in [0.15, 0.2) is 0 Å².